The average Bonchev–Trinajstić information content (AvgIpc) is 3.14. The molecular weight excluding hydrogens is 410 g/mol. The molecule has 0 fully saturated rings. The van der Waals surface area contributed by atoms with E-state index in [1.54, 1.807) is 10.9 Å². The van der Waals surface area contributed by atoms with E-state index < -0.39 is 0 Å². The topological polar surface area (TPSA) is 117 Å². The van der Waals surface area contributed by atoms with Crippen molar-refractivity contribution in [2.75, 3.05) is 46.2 Å². The first-order chi connectivity index (χ1) is 14.4. The zero-order valence-corrected chi connectivity index (χ0v) is 19.0. The van der Waals surface area contributed by atoms with Gasteiger partial charge in [0.25, 0.3) is 0 Å². The van der Waals surface area contributed by atoms with Crippen LogP contribution in [0.2, 0.25) is 0 Å². The third kappa shape index (κ3) is 13.5. The molecule has 1 atom stereocenters. The van der Waals surface area contributed by atoms with E-state index in [9.17, 15) is 9.59 Å². The van der Waals surface area contributed by atoms with Crippen LogP contribution < -0.4 is 10.6 Å². The second-order valence-electron chi connectivity index (χ2n) is 7.09. The molecule has 0 aliphatic heterocycles. The fourth-order valence-corrected chi connectivity index (χ4v) is 2.37. The summed E-state index contributed by atoms with van der Waals surface area (Å²) in [5.74, 6) is -0.0434. The Labute approximate surface area is 183 Å². The summed E-state index contributed by atoms with van der Waals surface area (Å²) >= 11 is 4.19. The number of hydrogen-bond donors (Lipinski definition) is 3. The highest BCUT2D eigenvalue weighted by atomic mass is 32.1. The highest BCUT2D eigenvalue weighted by Gasteiger charge is 2.07. The molecule has 0 saturated heterocycles. The Morgan fingerprint density at radius 2 is 1.67 bits per heavy atom. The summed E-state index contributed by atoms with van der Waals surface area (Å²) in [5, 5.41) is 13.6. The van der Waals surface area contributed by atoms with Gasteiger partial charge in [0.15, 0.2) is 0 Å². The van der Waals surface area contributed by atoms with Crippen LogP contribution in [0.4, 0.5) is 0 Å². The van der Waals surface area contributed by atoms with Gasteiger partial charge in [-0.1, -0.05) is 26.0 Å². The summed E-state index contributed by atoms with van der Waals surface area (Å²) in [4.78, 5) is 22.9. The van der Waals surface area contributed by atoms with Crippen LogP contribution in [0.3, 0.4) is 0 Å². The number of aromatic nitrogens is 3. The Bertz CT molecular complexity index is 612. The molecule has 0 radical (unpaired) electrons. The number of ether oxygens (including phenoxy) is 3. The minimum atomic E-state index is -0.0568. The van der Waals surface area contributed by atoms with Crippen LogP contribution in [0.15, 0.2) is 6.20 Å². The van der Waals surface area contributed by atoms with Gasteiger partial charge >= 0.3 is 0 Å². The molecule has 172 valence electrons. The van der Waals surface area contributed by atoms with Crippen molar-refractivity contribution >= 4 is 24.4 Å². The first-order valence-corrected chi connectivity index (χ1v) is 10.7. The molecule has 0 aromatic carbocycles. The SMILES string of the molecule is CC(S)CC(=O)NCc1cn(CCOCCOCCOCCNC(=O)C(C)C)nn1. The number of nitrogens with one attached hydrogen (secondary N) is 2. The van der Waals surface area contributed by atoms with Gasteiger partial charge in [0.2, 0.25) is 11.8 Å². The molecule has 0 spiro atoms. The summed E-state index contributed by atoms with van der Waals surface area (Å²) in [7, 11) is 0. The first-order valence-electron chi connectivity index (χ1n) is 10.2. The number of carbonyl (C=O) groups is 2. The molecule has 10 nitrogen and oxygen atoms in total. The van der Waals surface area contributed by atoms with E-state index in [2.05, 4.69) is 33.6 Å². The summed E-state index contributed by atoms with van der Waals surface area (Å²) < 4.78 is 18.0. The normalized spacial score (nSPS) is 12.2. The predicted octanol–water partition coefficient (Wildman–Crippen LogP) is 0.425. The standard InChI is InChI=1S/C19H35N5O5S/c1-15(2)19(26)20-4-6-27-8-10-29-11-9-28-7-5-24-14-17(22-23-24)13-21-18(25)12-16(3)30/h14-16,30H,4-13H2,1-3H3,(H,20,26)(H,21,25). The minimum Gasteiger partial charge on any atom is -0.377 e. The molecule has 0 aliphatic carbocycles. The summed E-state index contributed by atoms with van der Waals surface area (Å²) in [6, 6.07) is 0. The van der Waals surface area contributed by atoms with Crippen molar-refractivity contribution in [2.45, 2.75) is 45.5 Å². The number of carbonyl (C=O) groups excluding carboxylic acids is 2. The molecule has 0 aliphatic rings. The molecule has 0 bridgehead atoms. The van der Waals surface area contributed by atoms with Crippen molar-refractivity contribution in [3.8, 4) is 0 Å². The van der Waals surface area contributed by atoms with E-state index in [1.165, 1.54) is 0 Å². The van der Waals surface area contributed by atoms with Gasteiger partial charge in [-0.15, -0.1) is 5.10 Å². The lowest BCUT2D eigenvalue weighted by Crippen LogP contribution is -2.31. The third-order valence-corrected chi connectivity index (χ3v) is 3.99. The van der Waals surface area contributed by atoms with Gasteiger partial charge in [-0.3, -0.25) is 9.59 Å². The molecule has 2 amide bonds. The van der Waals surface area contributed by atoms with E-state index >= 15 is 0 Å². The lowest BCUT2D eigenvalue weighted by molar-refractivity contribution is -0.124. The van der Waals surface area contributed by atoms with Crippen LogP contribution in [0.1, 0.15) is 32.9 Å². The maximum Gasteiger partial charge on any atom is 0.222 e. The van der Waals surface area contributed by atoms with Crippen molar-refractivity contribution in [3.63, 3.8) is 0 Å². The maximum atomic E-state index is 11.6. The number of amides is 2. The van der Waals surface area contributed by atoms with Gasteiger partial charge in [0.05, 0.1) is 58.9 Å². The molecule has 1 heterocycles. The van der Waals surface area contributed by atoms with Crippen LogP contribution in [-0.2, 0) is 36.9 Å². The van der Waals surface area contributed by atoms with Crippen LogP contribution in [-0.4, -0.2) is 78.2 Å². The molecule has 11 heteroatoms. The van der Waals surface area contributed by atoms with Gasteiger partial charge in [-0.2, -0.15) is 12.6 Å². The van der Waals surface area contributed by atoms with Crippen LogP contribution in [0.5, 0.6) is 0 Å². The van der Waals surface area contributed by atoms with E-state index in [4.69, 9.17) is 14.2 Å². The predicted molar refractivity (Wildman–Crippen MR) is 115 cm³/mol. The molecule has 1 unspecified atom stereocenters. The second kappa shape index (κ2) is 16.1. The third-order valence-electron chi connectivity index (χ3n) is 3.81. The summed E-state index contributed by atoms with van der Waals surface area (Å²) in [5.41, 5.74) is 0.697. The minimum absolute atomic E-state index is 0.0142. The Balaban J connectivity index is 1.93. The van der Waals surface area contributed by atoms with E-state index in [-0.39, 0.29) is 23.0 Å². The van der Waals surface area contributed by atoms with E-state index in [0.29, 0.717) is 71.4 Å². The molecular formula is C19H35N5O5S. The molecule has 2 N–H and O–H groups in total. The van der Waals surface area contributed by atoms with Crippen molar-refractivity contribution in [1.29, 1.82) is 0 Å². The van der Waals surface area contributed by atoms with Crippen LogP contribution in [0.25, 0.3) is 0 Å². The van der Waals surface area contributed by atoms with Crippen LogP contribution in [0, 0.1) is 5.92 Å². The Hall–Kier alpha value is -1.69. The monoisotopic (exact) mass is 445 g/mol. The average molecular weight is 446 g/mol. The molecule has 1 aromatic heterocycles. The first kappa shape index (κ1) is 26.3. The van der Waals surface area contributed by atoms with Crippen molar-refractivity contribution in [1.82, 2.24) is 25.6 Å². The molecule has 1 rings (SSSR count). The zero-order chi connectivity index (χ0) is 22.2. The van der Waals surface area contributed by atoms with Gasteiger partial charge in [-0.05, 0) is 0 Å². The lowest BCUT2D eigenvalue weighted by atomic mass is 10.2. The fraction of sp³-hybridized carbons (Fsp3) is 0.789. The smallest absolute Gasteiger partial charge is 0.222 e. The van der Waals surface area contributed by atoms with E-state index in [0.717, 1.165) is 0 Å². The fourth-order valence-electron chi connectivity index (χ4n) is 2.21. The Morgan fingerprint density at radius 1 is 1.03 bits per heavy atom. The van der Waals surface area contributed by atoms with Crippen LogP contribution >= 0.6 is 12.6 Å². The van der Waals surface area contributed by atoms with E-state index in [1.807, 2.05) is 20.8 Å². The Kier molecular flexibility index (Phi) is 14.1. The number of nitrogens with zero attached hydrogens (tertiary/aromatic N) is 3. The largest absolute Gasteiger partial charge is 0.377 e. The maximum absolute atomic E-state index is 11.6. The number of hydrogen-bond acceptors (Lipinski definition) is 8. The van der Waals surface area contributed by atoms with Gasteiger partial charge in [-0.25, -0.2) is 4.68 Å². The number of thiol groups is 1. The highest BCUT2D eigenvalue weighted by Crippen LogP contribution is 1.99. The van der Waals surface area contributed by atoms with Crippen molar-refractivity contribution in [2.24, 2.45) is 5.92 Å². The highest BCUT2D eigenvalue weighted by molar-refractivity contribution is 7.80. The molecule has 30 heavy (non-hydrogen) atoms. The zero-order valence-electron chi connectivity index (χ0n) is 18.1. The summed E-state index contributed by atoms with van der Waals surface area (Å²) in [6.07, 6.45) is 2.15. The van der Waals surface area contributed by atoms with Crippen molar-refractivity contribution in [3.05, 3.63) is 11.9 Å². The van der Waals surface area contributed by atoms with Gasteiger partial charge in [0.1, 0.15) is 5.69 Å². The van der Waals surface area contributed by atoms with Crippen molar-refractivity contribution < 1.29 is 23.8 Å². The van der Waals surface area contributed by atoms with Gasteiger partial charge in [0, 0.05) is 24.1 Å². The molecule has 1 aromatic rings. The van der Waals surface area contributed by atoms with Gasteiger partial charge < -0.3 is 24.8 Å². The second-order valence-corrected chi connectivity index (χ2v) is 7.97. The quantitative estimate of drug-likeness (QED) is 0.235. The lowest BCUT2D eigenvalue weighted by Gasteiger charge is -2.09. The molecule has 0 saturated carbocycles. The summed E-state index contributed by atoms with van der Waals surface area (Å²) in [6.45, 7) is 9.86. The number of rotatable bonds is 17. The Morgan fingerprint density at radius 3 is 2.30 bits per heavy atom.